The number of dihydropyridines is 1. The Morgan fingerprint density at radius 2 is 2.40 bits per heavy atom. The topological polar surface area (TPSA) is 38.0 Å². The van der Waals surface area contributed by atoms with Crippen molar-refractivity contribution in [1.82, 2.24) is 5.32 Å². The third kappa shape index (κ3) is 1.48. The highest BCUT2D eigenvalue weighted by Gasteiger charge is 2.17. The first kappa shape index (κ1) is 7.09. The molecule has 1 aliphatic rings. The number of rotatable bonds is 2. The largest absolute Gasteiger partial charge is 0.370 e. The molecule has 0 aromatic heterocycles. The lowest BCUT2D eigenvalue weighted by atomic mass is 10.1. The summed E-state index contributed by atoms with van der Waals surface area (Å²) in [7, 11) is 0. The summed E-state index contributed by atoms with van der Waals surface area (Å²) in [4.78, 5) is 0. The third-order valence-electron chi connectivity index (χ3n) is 1.44. The van der Waals surface area contributed by atoms with E-state index >= 15 is 0 Å². The first-order chi connectivity index (χ1) is 4.77. The van der Waals surface area contributed by atoms with Gasteiger partial charge in [-0.05, 0) is 18.4 Å². The zero-order valence-corrected chi connectivity index (χ0v) is 5.88. The van der Waals surface area contributed by atoms with Crippen LogP contribution in [0.5, 0.6) is 0 Å². The van der Waals surface area contributed by atoms with Crippen molar-refractivity contribution in [2.45, 2.75) is 12.1 Å². The molecular formula is C8H12N2. The summed E-state index contributed by atoms with van der Waals surface area (Å²) < 4.78 is 0. The van der Waals surface area contributed by atoms with Crippen LogP contribution in [0.25, 0.3) is 0 Å². The molecule has 0 radical (unpaired) electrons. The van der Waals surface area contributed by atoms with Crippen LogP contribution in [0.4, 0.5) is 0 Å². The number of nitrogens with two attached hydrogens (primary N) is 1. The molecule has 1 unspecified atom stereocenters. The van der Waals surface area contributed by atoms with Crippen LogP contribution >= 0.6 is 0 Å². The number of allylic oxidation sites excluding steroid dienone is 2. The predicted molar refractivity (Wildman–Crippen MR) is 43.1 cm³/mol. The van der Waals surface area contributed by atoms with Crippen LogP contribution in [-0.4, -0.2) is 5.66 Å². The predicted octanol–water partition coefficient (Wildman–Crippen LogP) is 0.891. The summed E-state index contributed by atoms with van der Waals surface area (Å²) in [6.45, 7) is 3.62. The Balaban J connectivity index is 2.60. The lowest BCUT2D eigenvalue weighted by Gasteiger charge is -2.26. The first-order valence-corrected chi connectivity index (χ1v) is 3.29. The van der Waals surface area contributed by atoms with Gasteiger partial charge in [-0.1, -0.05) is 12.2 Å². The van der Waals surface area contributed by atoms with Crippen molar-refractivity contribution in [2.75, 3.05) is 0 Å². The van der Waals surface area contributed by atoms with Gasteiger partial charge in [-0.25, -0.2) is 0 Å². The summed E-state index contributed by atoms with van der Waals surface area (Å²) in [6, 6.07) is 0. The van der Waals surface area contributed by atoms with Crippen LogP contribution in [0.15, 0.2) is 37.1 Å². The number of hydrogen-bond donors (Lipinski definition) is 2. The smallest absolute Gasteiger partial charge is 0.108 e. The van der Waals surface area contributed by atoms with Gasteiger partial charge >= 0.3 is 0 Å². The monoisotopic (exact) mass is 136 g/mol. The van der Waals surface area contributed by atoms with Gasteiger partial charge in [-0.15, -0.1) is 6.58 Å². The van der Waals surface area contributed by atoms with Gasteiger partial charge in [0, 0.05) is 6.42 Å². The standard InChI is InChI=1S/C8H12N2/c1-2-5-8(9)6-3-4-7-10-8/h2-4,6-7,10H,1,5,9H2. The quantitative estimate of drug-likeness (QED) is 0.553. The molecule has 10 heavy (non-hydrogen) atoms. The molecule has 0 aliphatic carbocycles. The van der Waals surface area contributed by atoms with Gasteiger partial charge in [0.05, 0.1) is 0 Å². The van der Waals surface area contributed by atoms with Crippen LogP contribution in [0.3, 0.4) is 0 Å². The Morgan fingerprint density at radius 1 is 1.60 bits per heavy atom. The highest BCUT2D eigenvalue weighted by Crippen LogP contribution is 2.08. The second-order valence-corrected chi connectivity index (χ2v) is 2.40. The van der Waals surface area contributed by atoms with E-state index in [1.165, 1.54) is 0 Å². The van der Waals surface area contributed by atoms with Crippen molar-refractivity contribution in [3.05, 3.63) is 37.1 Å². The van der Waals surface area contributed by atoms with Crippen molar-refractivity contribution in [3.8, 4) is 0 Å². The lowest BCUT2D eigenvalue weighted by molar-refractivity contribution is 0.475. The molecule has 2 heteroatoms. The van der Waals surface area contributed by atoms with Crippen molar-refractivity contribution in [3.63, 3.8) is 0 Å². The van der Waals surface area contributed by atoms with Crippen molar-refractivity contribution in [1.29, 1.82) is 0 Å². The summed E-state index contributed by atoms with van der Waals surface area (Å²) in [5.41, 5.74) is 5.44. The molecule has 1 aliphatic heterocycles. The molecule has 1 atom stereocenters. The van der Waals surface area contributed by atoms with Crippen LogP contribution < -0.4 is 11.1 Å². The molecule has 0 saturated heterocycles. The van der Waals surface area contributed by atoms with E-state index in [1.807, 2.05) is 24.4 Å². The van der Waals surface area contributed by atoms with E-state index in [4.69, 9.17) is 5.73 Å². The van der Waals surface area contributed by atoms with E-state index < -0.39 is 5.66 Å². The van der Waals surface area contributed by atoms with E-state index in [9.17, 15) is 0 Å². The minimum absolute atomic E-state index is 0.406. The molecule has 0 aromatic carbocycles. The Bertz CT molecular complexity index is 178. The zero-order valence-electron chi connectivity index (χ0n) is 5.88. The Hall–Kier alpha value is -1.02. The first-order valence-electron chi connectivity index (χ1n) is 3.29. The Kier molecular flexibility index (Phi) is 1.92. The van der Waals surface area contributed by atoms with Gasteiger partial charge < -0.3 is 11.1 Å². The molecule has 3 N–H and O–H groups in total. The van der Waals surface area contributed by atoms with Gasteiger partial charge in [-0.2, -0.15) is 0 Å². The zero-order chi connectivity index (χ0) is 7.45. The molecule has 0 fully saturated rings. The molecule has 0 aromatic rings. The molecule has 0 spiro atoms. The van der Waals surface area contributed by atoms with Crippen molar-refractivity contribution in [2.24, 2.45) is 5.73 Å². The SMILES string of the molecule is C=CCC1(N)C=CC=CN1. The molecule has 1 rings (SSSR count). The van der Waals surface area contributed by atoms with Crippen LogP contribution in [-0.2, 0) is 0 Å². The summed E-state index contributed by atoms with van der Waals surface area (Å²) in [5.74, 6) is 0. The van der Waals surface area contributed by atoms with E-state index in [2.05, 4.69) is 11.9 Å². The fraction of sp³-hybridized carbons (Fsp3) is 0.250. The molecule has 0 saturated carbocycles. The van der Waals surface area contributed by atoms with Crippen LogP contribution in [0, 0.1) is 0 Å². The number of nitrogens with one attached hydrogen (secondary N) is 1. The maximum Gasteiger partial charge on any atom is 0.108 e. The minimum Gasteiger partial charge on any atom is -0.370 e. The van der Waals surface area contributed by atoms with Gasteiger partial charge in [0.2, 0.25) is 0 Å². The molecule has 54 valence electrons. The molecule has 0 amide bonds. The van der Waals surface area contributed by atoms with E-state index in [0.29, 0.717) is 0 Å². The molecular weight excluding hydrogens is 124 g/mol. The van der Waals surface area contributed by atoms with E-state index in [0.717, 1.165) is 6.42 Å². The second-order valence-electron chi connectivity index (χ2n) is 2.40. The Labute approximate surface area is 61.1 Å². The van der Waals surface area contributed by atoms with Crippen molar-refractivity contribution >= 4 is 0 Å². The third-order valence-corrected chi connectivity index (χ3v) is 1.44. The van der Waals surface area contributed by atoms with Crippen molar-refractivity contribution < 1.29 is 0 Å². The van der Waals surface area contributed by atoms with Gasteiger partial charge in [0.15, 0.2) is 0 Å². The van der Waals surface area contributed by atoms with E-state index in [-0.39, 0.29) is 0 Å². The number of hydrogen-bond acceptors (Lipinski definition) is 2. The van der Waals surface area contributed by atoms with Crippen LogP contribution in [0.1, 0.15) is 6.42 Å². The maximum atomic E-state index is 5.85. The summed E-state index contributed by atoms with van der Waals surface area (Å²) in [6.07, 6.45) is 10.1. The van der Waals surface area contributed by atoms with Gasteiger partial charge in [0.1, 0.15) is 5.66 Å². The fourth-order valence-electron chi connectivity index (χ4n) is 0.900. The van der Waals surface area contributed by atoms with E-state index in [1.54, 1.807) is 6.08 Å². The minimum atomic E-state index is -0.406. The fourth-order valence-corrected chi connectivity index (χ4v) is 0.900. The Morgan fingerprint density at radius 3 is 2.90 bits per heavy atom. The van der Waals surface area contributed by atoms with Crippen LogP contribution in [0.2, 0.25) is 0 Å². The maximum absolute atomic E-state index is 5.85. The lowest BCUT2D eigenvalue weighted by Crippen LogP contribution is -2.49. The highest BCUT2D eigenvalue weighted by atomic mass is 15.1. The molecule has 1 heterocycles. The molecule has 2 nitrogen and oxygen atoms in total. The highest BCUT2D eigenvalue weighted by molar-refractivity contribution is 5.18. The van der Waals surface area contributed by atoms with Gasteiger partial charge in [-0.3, -0.25) is 0 Å². The molecule has 0 bridgehead atoms. The summed E-state index contributed by atoms with van der Waals surface area (Å²) in [5, 5.41) is 3.04. The average Bonchev–Trinajstić information content (AvgIpc) is 1.89. The normalized spacial score (nSPS) is 29.7. The summed E-state index contributed by atoms with van der Waals surface area (Å²) >= 11 is 0. The average molecular weight is 136 g/mol. The van der Waals surface area contributed by atoms with Gasteiger partial charge in [0.25, 0.3) is 0 Å². The second kappa shape index (κ2) is 2.71.